The molecular formula is C41H36S2. The maximum absolute atomic E-state index is 2.49. The zero-order valence-corrected chi connectivity index (χ0v) is 26.6. The molecule has 6 aromatic rings. The maximum Gasteiger partial charge on any atom is 0.0912 e. The van der Waals surface area contributed by atoms with Crippen molar-refractivity contribution in [3.05, 3.63) is 141 Å². The summed E-state index contributed by atoms with van der Waals surface area (Å²) in [4.78, 5) is 5.70. The summed E-state index contributed by atoms with van der Waals surface area (Å²) in [7, 11) is 0. The third-order valence-corrected chi connectivity index (χ3v) is 12.1. The summed E-state index contributed by atoms with van der Waals surface area (Å²) in [5, 5.41) is 0. The van der Waals surface area contributed by atoms with E-state index in [2.05, 4.69) is 123 Å². The molecule has 1 spiro atoms. The van der Waals surface area contributed by atoms with E-state index in [9.17, 15) is 0 Å². The molecule has 0 bridgehead atoms. The van der Waals surface area contributed by atoms with Crippen LogP contribution in [0.5, 0.6) is 0 Å². The first-order valence-electron chi connectivity index (χ1n) is 15.9. The average Bonchev–Trinajstić information content (AvgIpc) is 3.80. The number of benzene rings is 4. The van der Waals surface area contributed by atoms with Crippen LogP contribution in [0.2, 0.25) is 0 Å². The fourth-order valence-corrected chi connectivity index (χ4v) is 10.2. The second kappa shape index (κ2) is 10.8. The van der Waals surface area contributed by atoms with Gasteiger partial charge in [0, 0.05) is 19.5 Å². The molecule has 0 unspecified atom stereocenters. The molecule has 2 heterocycles. The lowest BCUT2D eigenvalue weighted by Crippen LogP contribution is -2.23. The zero-order valence-electron chi connectivity index (χ0n) is 25.0. The molecule has 2 aliphatic carbocycles. The van der Waals surface area contributed by atoms with Gasteiger partial charge < -0.3 is 0 Å². The van der Waals surface area contributed by atoms with Crippen LogP contribution in [0.25, 0.3) is 43.1 Å². The first kappa shape index (κ1) is 26.9. The lowest BCUT2D eigenvalue weighted by Gasteiger charge is -2.28. The van der Waals surface area contributed by atoms with Gasteiger partial charge in [-0.1, -0.05) is 124 Å². The summed E-state index contributed by atoms with van der Waals surface area (Å²) in [6, 6.07) is 42.0. The van der Waals surface area contributed by atoms with Crippen molar-refractivity contribution in [3.63, 3.8) is 0 Å². The van der Waals surface area contributed by atoms with Crippen LogP contribution in [-0.2, 0) is 18.3 Å². The molecule has 8 rings (SSSR count). The molecule has 0 saturated heterocycles. The quantitative estimate of drug-likeness (QED) is 0.165. The third-order valence-electron chi connectivity index (χ3n) is 9.50. The van der Waals surface area contributed by atoms with Gasteiger partial charge in [0.2, 0.25) is 0 Å². The van der Waals surface area contributed by atoms with Crippen LogP contribution in [0.15, 0.2) is 109 Å². The Morgan fingerprint density at radius 2 is 0.907 bits per heavy atom. The predicted molar refractivity (Wildman–Crippen MR) is 187 cm³/mol. The summed E-state index contributed by atoms with van der Waals surface area (Å²) in [6.07, 6.45) is 7.29. The minimum Gasteiger partial charge on any atom is -0.138 e. The highest BCUT2D eigenvalue weighted by atomic mass is 32.1. The highest BCUT2D eigenvalue weighted by Crippen LogP contribution is 2.67. The fourth-order valence-electron chi connectivity index (χ4n) is 7.28. The van der Waals surface area contributed by atoms with Crippen LogP contribution in [-0.4, -0.2) is 0 Å². The first-order valence-corrected chi connectivity index (χ1v) is 17.5. The number of thiophene rings is 2. The summed E-state index contributed by atoms with van der Waals surface area (Å²) in [5.74, 6) is 0. The van der Waals surface area contributed by atoms with Gasteiger partial charge in [0.1, 0.15) is 0 Å². The smallest absolute Gasteiger partial charge is 0.0912 e. The van der Waals surface area contributed by atoms with E-state index in [1.165, 1.54) is 101 Å². The van der Waals surface area contributed by atoms with Crippen molar-refractivity contribution < 1.29 is 0 Å². The van der Waals surface area contributed by atoms with Crippen LogP contribution >= 0.6 is 22.7 Å². The van der Waals surface area contributed by atoms with Gasteiger partial charge in [0.05, 0.1) is 5.41 Å². The number of hydrogen-bond donors (Lipinski definition) is 0. The zero-order chi connectivity index (χ0) is 29.0. The molecule has 0 aliphatic heterocycles. The number of hydrogen-bond acceptors (Lipinski definition) is 2. The number of aryl methyl sites for hydroxylation is 2. The normalized spacial score (nSPS) is 13.6. The van der Waals surface area contributed by atoms with Gasteiger partial charge in [-0.2, -0.15) is 0 Å². The van der Waals surface area contributed by atoms with Crippen molar-refractivity contribution in [2.75, 3.05) is 0 Å². The van der Waals surface area contributed by atoms with Crippen molar-refractivity contribution in [2.45, 2.75) is 57.8 Å². The maximum atomic E-state index is 2.49. The number of rotatable bonds is 8. The van der Waals surface area contributed by atoms with Gasteiger partial charge in [0.25, 0.3) is 0 Å². The van der Waals surface area contributed by atoms with Crippen molar-refractivity contribution >= 4 is 22.7 Å². The Kier molecular flexibility index (Phi) is 6.73. The second-order valence-electron chi connectivity index (χ2n) is 12.1. The first-order chi connectivity index (χ1) is 21.2. The molecule has 0 atom stereocenters. The van der Waals surface area contributed by atoms with E-state index in [-0.39, 0.29) is 5.41 Å². The van der Waals surface area contributed by atoms with Gasteiger partial charge in [-0.15, -0.1) is 22.7 Å². The average molecular weight is 593 g/mol. The highest BCUT2D eigenvalue weighted by Gasteiger charge is 2.54. The molecule has 4 aromatic carbocycles. The van der Waals surface area contributed by atoms with Gasteiger partial charge in [0.15, 0.2) is 0 Å². The van der Waals surface area contributed by atoms with Crippen molar-refractivity contribution in [1.82, 2.24) is 0 Å². The molecule has 0 nitrogen and oxygen atoms in total. The number of unbranched alkanes of at least 4 members (excludes halogenated alkanes) is 2. The summed E-state index contributed by atoms with van der Waals surface area (Å²) < 4.78 is 0. The van der Waals surface area contributed by atoms with Crippen LogP contribution < -0.4 is 0 Å². The monoisotopic (exact) mass is 592 g/mol. The minimum absolute atomic E-state index is 0.258. The standard InChI is InChI=1S/C41H36S2/c1-3-5-11-27-17-21-29(22-18-27)37-25-33-34-26-38(30-23-19-28(20-24-30)12-6-4-2)43-40(34)41(39(33)42-37)35-15-9-7-13-31(35)32-14-8-10-16-36(32)41/h7-10,13-26H,3-6,11-12H2,1-2H3. The molecule has 2 aromatic heterocycles. The molecule has 0 amide bonds. The topological polar surface area (TPSA) is 0 Å². The molecule has 2 aliphatic rings. The molecule has 0 saturated carbocycles. The van der Waals surface area contributed by atoms with E-state index in [0.29, 0.717) is 0 Å². The Hall–Kier alpha value is -3.72. The van der Waals surface area contributed by atoms with Crippen LogP contribution in [0.3, 0.4) is 0 Å². The van der Waals surface area contributed by atoms with Gasteiger partial charge in [-0.05, 0) is 93.5 Å². The van der Waals surface area contributed by atoms with Crippen LogP contribution in [0.1, 0.15) is 71.5 Å². The third kappa shape index (κ3) is 4.14. The van der Waals surface area contributed by atoms with Crippen LogP contribution in [0, 0.1) is 0 Å². The summed E-state index contributed by atoms with van der Waals surface area (Å²) >= 11 is 4.00. The molecule has 2 heteroatoms. The minimum atomic E-state index is -0.258. The van der Waals surface area contributed by atoms with E-state index in [1.807, 2.05) is 22.7 Å². The fraction of sp³-hybridized carbons (Fsp3) is 0.220. The Bertz CT molecular complexity index is 1790. The van der Waals surface area contributed by atoms with Crippen molar-refractivity contribution in [2.24, 2.45) is 0 Å². The molecule has 212 valence electrons. The predicted octanol–water partition coefficient (Wildman–Crippen LogP) is 12.2. The van der Waals surface area contributed by atoms with E-state index < -0.39 is 0 Å². The number of fused-ring (bicyclic) bond motifs is 10. The van der Waals surface area contributed by atoms with E-state index in [1.54, 1.807) is 0 Å². The SMILES string of the molecule is CCCCc1ccc(-c2cc3c(s2)C2(c4ccccc4-c4ccccc42)c2sc(-c4ccc(CCCC)cc4)cc2-3)cc1. The lowest BCUT2D eigenvalue weighted by molar-refractivity contribution is 0.795. The van der Waals surface area contributed by atoms with Crippen molar-refractivity contribution in [1.29, 1.82) is 0 Å². The molecular weight excluding hydrogens is 557 g/mol. The molecule has 43 heavy (non-hydrogen) atoms. The van der Waals surface area contributed by atoms with E-state index in [0.717, 1.165) is 12.8 Å². The van der Waals surface area contributed by atoms with E-state index >= 15 is 0 Å². The van der Waals surface area contributed by atoms with Gasteiger partial charge in [-0.25, -0.2) is 0 Å². The highest BCUT2D eigenvalue weighted by molar-refractivity contribution is 7.19. The molecule has 0 fully saturated rings. The summed E-state index contributed by atoms with van der Waals surface area (Å²) in [6.45, 7) is 4.53. The van der Waals surface area contributed by atoms with Crippen molar-refractivity contribution in [3.8, 4) is 43.1 Å². The molecule has 0 N–H and O–H groups in total. The van der Waals surface area contributed by atoms with Gasteiger partial charge in [-0.3, -0.25) is 0 Å². The Labute approximate surface area is 263 Å². The Balaban J connectivity index is 1.31. The summed E-state index contributed by atoms with van der Waals surface area (Å²) in [5.41, 5.74) is 13.7. The molecule has 0 radical (unpaired) electrons. The lowest BCUT2D eigenvalue weighted by atomic mass is 9.78. The van der Waals surface area contributed by atoms with Crippen LogP contribution in [0.4, 0.5) is 0 Å². The van der Waals surface area contributed by atoms with Gasteiger partial charge >= 0.3 is 0 Å². The van der Waals surface area contributed by atoms with E-state index in [4.69, 9.17) is 0 Å². The largest absolute Gasteiger partial charge is 0.138 e. The Morgan fingerprint density at radius 1 is 0.488 bits per heavy atom. The Morgan fingerprint density at radius 3 is 1.33 bits per heavy atom. The second-order valence-corrected chi connectivity index (χ2v) is 14.3.